The maximum atomic E-state index is 13.5. The first kappa shape index (κ1) is 24.1. The van der Waals surface area contributed by atoms with Crippen LogP contribution in [0, 0.1) is 22.7 Å². The van der Waals surface area contributed by atoms with Gasteiger partial charge in [-0.15, -0.1) is 0 Å². The molecule has 0 aromatic heterocycles. The Morgan fingerprint density at radius 1 is 1.19 bits per heavy atom. The molecular weight excluding hydrogens is 456 g/mol. The van der Waals surface area contributed by atoms with Gasteiger partial charge in [0.25, 0.3) is 0 Å². The summed E-state index contributed by atoms with van der Waals surface area (Å²) in [6, 6.07) is 9.03. The molecule has 1 unspecified atom stereocenters. The van der Waals surface area contributed by atoms with Crippen LogP contribution in [-0.4, -0.2) is 54.0 Å². The van der Waals surface area contributed by atoms with E-state index >= 15 is 0 Å². The third kappa shape index (κ3) is 3.14. The normalized spacial score (nSPS) is 44.3. The molecule has 36 heavy (non-hydrogen) atoms. The van der Waals surface area contributed by atoms with E-state index in [0.29, 0.717) is 25.0 Å². The number of ether oxygens (including phenoxy) is 4. The van der Waals surface area contributed by atoms with E-state index in [-0.39, 0.29) is 30.1 Å². The Labute approximate surface area is 213 Å². The molecule has 6 heteroatoms. The van der Waals surface area contributed by atoms with Crippen molar-refractivity contribution in [1.82, 2.24) is 0 Å². The lowest BCUT2D eigenvalue weighted by Crippen LogP contribution is -2.71. The van der Waals surface area contributed by atoms with Crippen LogP contribution in [0.1, 0.15) is 50.9 Å². The molecule has 3 aliphatic carbocycles. The first-order chi connectivity index (χ1) is 17.1. The van der Waals surface area contributed by atoms with Gasteiger partial charge in [-0.1, -0.05) is 63.3 Å². The van der Waals surface area contributed by atoms with Crippen LogP contribution >= 0.6 is 0 Å². The number of hydrogen-bond acceptors (Lipinski definition) is 6. The van der Waals surface area contributed by atoms with Gasteiger partial charge in [-0.2, -0.15) is 0 Å². The molecule has 2 bridgehead atoms. The van der Waals surface area contributed by atoms with Crippen molar-refractivity contribution >= 4 is 5.97 Å². The smallest absolute Gasteiger partial charge is 0.338 e. The molecule has 3 fully saturated rings. The summed E-state index contributed by atoms with van der Waals surface area (Å²) in [6.45, 7) is 12.9. The number of aliphatic hydroxyl groups is 1. The van der Waals surface area contributed by atoms with Crippen LogP contribution in [0.5, 0.6) is 0 Å². The minimum absolute atomic E-state index is 0.0662. The average Bonchev–Trinajstić information content (AvgIpc) is 3.26. The van der Waals surface area contributed by atoms with Crippen molar-refractivity contribution in [2.45, 2.75) is 76.8 Å². The van der Waals surface area contributed by atoms with Gasteiger partial charge in [-0.3, -0.25) is 0 Å². The summed E-state index contributed by atoms with van der Waals surface area (Å²) in [4.78, 5) is 13.5. The van der Waals surface area contributed by atoms with Crippen LogP contribution in [0.4, 0.5) is 0 Å². The predicted octanol–water partition coefficient (Wildman–Crippen LogP) is 4.60. The second-order valence-corrected chi connectivity index (χ2v) is 11.9. The molecular formula is C30H36O6. The molecule has 6 rings (SSSR count). The summed E-state index contributed by atoms with van der Waals surface area (Å²) in [7, 11) is 0. The molecule has 9 atom stereocenters. The molecule has 1 saturated carbocycles. The van der Waals surface area contributed by atoms with Gasteiger partial charge < -0.3 is 24.1 Å². The van der Waals surface area contributed by atoms with Crippen LogP contribution in [0.2, 0.25) is 0 Å². The Hall–Kier alpha value is -2.25. The highest BCUT2D eigenvalue weighted by atomic mass is 16.7. The van der Waals surface area contributed by atoms with Gasteiger partial charge in [0.1, 0.15) is 23.9 Å². The van der Waals surface area contributed by atoms with Gasteiger partial charge in [-0.05, 0) is 43.5 Å². The Balaban J connectivity index is 1.56. The summed E-state index contributed by atoms with van der Waals surface area (Å²) in [5, 5.41) is 12.7. The number of carbonyl (C=O) groups excluding carboxylic acids is 1. The number of fused-ring (bicyclic) bond motifs is 8. The summed E-state index contributed by atoms with van der Waals surface area (Å²) < 4.78 is 25.4. The van der Waals surface area contributed by atoms with E-state index in [1.165, 1.54) is 5.57 Å². The minimum atomic E-state index is -1.30. The monoisotopic (exact) mass is 492 g/mol. The number of rotatable bonds is 3. The fraction of sp³-hybridized carbons (Fsp3) is 0.567. The van der Waals surface area contributed by atoms with Crippen molar-refractivity contribution in [1.29, 1.82) is 0 Å². The lowest BCUT2D eigenvalue weighted by Gasteiger charge is -2.63. The summed E-state index contributed by atoms with van der Waals surface area (Å²) in [5.41, 5.74) is 0.136. The van der Waals surface area contributed by atoms with Crippen molar-refractivity contribution in [3.8, 4) is 0 Å². The third-order valence-corrected chi connectivity index (χ3v) is 9.79. The topological polar surface area (TPSA) is 74.2 Å². The van der Waals surface area contributed by atoms with Gasteiger partial charge >= 0.3 is 5.97 Å². The van der Waals surface area contributed by atoms with E-state index in [0.717, 1.165) is 5.57 Å². The number of allylic oxidation sites excluding steroid dienone is 1. The highest BCUT2D eigenvalue weighted by Gasteiger charge is 2.70. The van der Waals surface area contributed by atoms with Crippen molar-refractivity contribution in [3.63, 3.8) is 0 Å². The van der Waals surface area contributed by atoms with Crippen LogP contribution in [0.15, 0.2) is 66.3 Å². The van der Waals surface area contributed by atoms with Gasteiger partial charge in [0.05, 0.1) is 18.3 Å². The summed E-state index contributed by atoms with van der Waals surface area (Å²) in [5.74, 6) is -0.553. The SMILES string of the molecule is C=C[C@@H]1O[C@@H]2C3=C(C)CC[C@@](O)([C@@H](OC(=O)c4ccccc4)C4[C@@H]5CO[C@@H]5C=C[C@@]4(C)[C@@H]2O1)C3(C)C. The molecule has 2 aliphatic heterocycles. The Morgan fingerprint density at radius 2 is 1.94 bits per heavy atom. The van der Waals surface area contributed by atoms with Crippen LogP contribution in [-0.2, 0) is 18.9 Å². The lowest BCUT2D eigenvalue weighted by atomic mass is 9.47. The lowest BCUT2D eigenvalue weighted by molar-refractivity contribution is -0.242. The molecule has 2 saturated heterocycles. The van der Waals surface area contributed by atoms with E-state index in [9.17, 15) is 9.90 Å². The van der Waals surface area contributed by atoms with E-state index in [4.69, 9.17) is 18.9 Å². The zero-order valence-corrected chi connectivity index (χ0v) is 21.5. The second kappa shape index (κ2) is 8.12. The second-order valence-electron chi connectivity index (χ2n) is 11.9. The first-order valence-electron chi connectivity index (χ1n) is 13.0. The van der Waals surface area contributed by atoms with Crippen molar-refractivity contribution in [3.05, 3.63) is 71.8 Å². The molecule has 5 aliphatic rings. The standard InChI is InChI=1S/C30H36O6/c1-6-21-34-24-22-17(2)12-15-30(32,28(22,3)4)25(36-27(31)18-10-8-7-9-11-18)23-19-16-33-20(19)13-14-29(23,5)26(24)35-21/h6-11,13-14,19-21,23-26,32H,1,12,15-16H2,2-5H3/t19-,20-,21-,23?,24-,25+,26-,29-,30-/m1/s1. The molecule has 0 spiro atoms. The molecule has 2 heterocycles. The molecule has 0 radical (unpaired) electrons. The molecule has 1 N–H and O–H groups in total. The van der Waals surface area contributed by atoms with Gasteiger partial charge in [-0.25, -0.2) is 4.79 Å². The third-order valence-electron chi connectivity index (χ3n) is 9.79. The highest BCUT2D eigenvalue weighted by molar-refractivity contribution is 5.89. The van der Waals surface area contributed by atoms with Crippen LogP contribution < -0.4 is 0 Å². The summed E-state index contributed by atoms with van der Waals surface area (Å²) >= 11 is 0. The Morgan fingerprint density at radius 3 is 2.61 bits per heavy atom. The zero-order valence-electron chi connectivity index (χ0n) is 21.5. The van der Waals surface area contributed by atoms with Gasteiger partial charge in [0.15, 0.2) is 6.29 Å². The number of esters is 1. The van der Waals surface area contributed by atoms with Crippen molar-refractivity contribution in [2.75, 3.05) is 6.61 Å². The maximum absolute atomic E-state index is 13.5. The Kier molecular flexibility index (Phi) is 5.44. The number of carbonyl (C=O) groups is 1. The van der Waals surface area contributed by atoms with Crippen LogP contribution in [0.25, 0.3) is 0 Å². The van der Waals surface area contributed by atoms with E-state index < -0.39 is 34.8 Å². The van der Waals surface area contributed by atoms with E-state index in [1.54, 1.807) is 18.2 Å². The zero-order chi connectivity index (χ0) is 25.5. The highest BCUT2D eigenvalue weighted by Crippen LogP contribution is 2.63. The average molecular weight is 493 g/mol. The quantitative estimate of drug-likeness (QED) is 0.491. The van der Waals surface area contributed by atoms with Crippen LogP contribution in [0.3, 0.4) is 0 Å². The van der Waals surface area contributed by atoms with Gasteiger partial charge in [0.2, 0.25) is 0 Å². The van der Waals surface area contributed by atoms with E-state index in [1.807, 2.05) is 18.2 Å². The minimum Gasteiger partial charge on any atom is -0.455 e. The molecule has 6 nitrogen and oxygen atoms in total. The number of benzene rings is 1. The first-order valence-corrected chi connectivity index (χ1v) is 13.0. The molecule has 1 aromatic rings. The Bertz CT molecular complexity index is 1140. The molecule has 192 valence electrons. The summed E-state index contributed by atoms with van der Waals surface area (Å²) in [6.07, 6.45) is 5.11. The molecule has 1 aromatic carbocycles. The van der Waals surface area contributed by atoms with Crippen molar-refractivity contribution < 1.29 is 28.8 Å². The van der Waals surface area contributed by atoms with Gasteiger partial charge in [0, 0.05) is 22.7 Å². The number of hydrogen-bond donors (Lipinski definition) is 1. The van der Waals surface area contributed by atoms with Crippen molar-refractivity contribution in [2.24, 2.45) is 22.7 Å². The fourth-order valence-electron chi connectivity index (χ4n) is 7.72. The maximum Gasteiger partial charge on any atom is 0.338 e. The predicted molar refractivity (Wildman–Crippen MR) is 134 cm³/mol. The fourth-order valence-corrected chi connectivity index (χ4v) is 7.72. The largest absolute Gasteiger partial charge is 0.455 e. The molecule has 0 amide bonds. The van der Waals surface area contributed by atoms with E-state index in [2.05, 4.69) is 46.4 Å².